The van der Waals surface area contributed by atoms with E-state index in [2.05, 4.69) is 5.32 Å². The van der Waals surface area contributed by atoms with Gasteiger partial charge in [-0.15, -0.1) is 0 Å². The fourth-order valence-electron chi connectivity index (χ4n) is 3.85. The molecule has 1 amide bonds. The number of ether oxygens (including phenoxy) is 2. The van der Waals surface area contributed by atoms with Crippen LogP contribution in [-0.4, -0.2) is 31.8 Å². The van der Waals surface area contributed by atoms with E-state index in [4.69, 9.17) is 13.9 Å². The molecule has 1 aromatic carbocycles. The monoisotopic (exact) mass is 357 g/mol. The first-order valence-electron chi connectivity index (χ1n) is 9.22. The minimum Gasteiger partial charge on any atom is -0.483 e. The highest BCUT2D eigenvalue weighted by Crippen LogP contribution is 2.35. The van der Waals surface area contributed by atoms with Crippen LogP contribution in [0.15, 0.2) is 21.3 Å². The first kappa shape index (κ1) is 17.1. The lowest BCUT2D eigenvalue weighted by molar-refractivity contribution is -0.123. The summed E-state index contributed by atoms with van der Waals surface area (Å²) in [5.74, 6) is 0.429. The Balaban J connectivity index is 1.53. The summed E-state index contributed by atoms with van der Waals surface area (Å²) in [6.45, 7) is 3.12. The third-order valence-corrected chi connectivity index (χ3v) is 5.09. The lowest BCUT2D eigenvalue weighted by Crippen LogP contribution is -2.35. The number of nitrogens with one attached hydrogen (secondary N) is 1. The van der Waals surface area contributed by atoms with Crippen LogP contribution in [0, 0.1) is 6.92 Å². The highest BCUT2D eigenvalue weighted by Gasteiger charge is 2.23. The first-order chi connectivity index (χ1) is 12.6. The van der Waals surface area contributed by atoms with Gasteiger partial charge in [-0.3, -0.25) is 4.79 Å². The zero-order valence-corrected chi connectivity index (χ0v) is 14.9. The standard InChI is InChI=1S/C20H23NO5/c1-12-8-16(25-11-18(22)21-10-13-4-3-7-24-13)19-14-5-2-6-15(14)20(23)26-17(19)9-12/h8-9,13H,2-7,10-11H2,1H3,(H,21,22)/t13-/m1/s1. The summed E-state index contributed by atoms with van der Waals surface area (Å²) in [4.78, 5) is 24.3. The van der Waals surface area contributed by atoms with Crippen LogP contribution >= 0.6 is 0 Å². The van der Waals surface area contributed by atoms with Crippen LogP contribution in [0.5, 0.6) is 5.75 Å². The molecule has 4 rings (SSSR count). The lowest BCUT2D eigenvalue weighted by atomic mass is 10.0. The topological polar surface area (TPSA) is 77.8 Å². The zero-order valence-electron chi connectivity index (χ0n) is 14.9. The third kappa shape index (κ3) is 3.33. The van der Waals surface area contributed by atoms with Crippen molar-refractivity contribution in [3.63, 3.8) is 0 Å². The quantitative estimate of drug-likeness (QED) is 0.831. The van der Waals surface area contributed by atoms with Crippen molar-refractivity contribution >= 4 is 16.9 Å². The number of carbonyl (C=O) groups is 1. The Hall–Kier alpha value is -2.34. The van der Waals surface area contributed by atoms with Gasteiger partial charge in [0.15, 0.2) is 6.61 Å². The maximum Gasteiger partial charge on any atom is 0.339 e. The van der Waals surface area contributed by atoms with E-state index in [1.807, 2.05) is 19.1 Å². The van der Waals surface area contributed by atoms with Crippen molar-refractivity contribution in [3.8, 4) is 5.75 Å². The van der Waals surface area contributed by atoms with Crippen LogP contribution in [0.4, 0.5) is 0 Å². The fourth-order valence-corrected chi connectivity index (χ4v) is 3.85. The smallest absolute Gasteiger partial charge is 0.339 e. The van der Waals surface area contributed by atoms with E-state index in [1.54, 1.807) is 0 Å². The molecule has 6 nitrogen and oxygen atoms in total. The summed E-state index contributed by atoms with van der Waals surface area (Å²) in [6.07, 6.45) is 4.65. The molecule has 1 fully saturated rings. The number of carbonyl (C=O) groups excluding carboxylic acids is 1. The molecule has 1 N–H and O–H groups in total. The molecule has 0 radical (unpaired) electrons. The Morgan fingerprint density at radius 3 is 2.92 bits per heavy atom. The van der Waals surface area contributed by atoms with Gasteiger partial charge in [-0.05, 0) is 62.3 Å². The van der Waals surface area contributed by atoms with Crippen molar-refractivity contribution < 1.29 is 18.7 Å². The number of aryl methyl sites for hydroxylation is 2. The molecular formula is C20H23NO5. The normalized spacial score (nSPS) is 18.9. The average molecular weight is 357 g/mol. The van der Waals surface area contributed by atoms with E-state index in [9.17, 15) is 9.59 Å². The Kier molecular flexibility index (Phi) is 4.68. The van der Waals surface area contributed by atoms with E-state index in [0.29, 0.717) is 17.9 Å². The van der Waals surface area contributed by atoms with Crippen LogP contribution in [0.2, 0.25) is 0 Å². The predicted octanol–water partition coefficient (Wildman–Crippen LogP) is 2.26. The molecule has 1 aromatic heterocycles. The molecule has 0 unspecified atom stereocenters. The van der Waals surface area contributed by atoms with Gasteiger partial charge in [0.1, 0.15) is 11.3 Å². The second-order valence-corrected chi connectivity index (χ2v) is 7.06. The molecule has 138 valence electrons. The second-order valence-electron chi connectivity index (χ2n) is 7.06. The maximum absolute atomic E-state index is 12.1. The van der Waals surface area contributed by atoms with Crippen LogP contribution < -0.4 is 15.7 Å². The molecule has 0 spiro atoms. The van der Waals surface area contributed by atoms with Gasteiger partial charge < -0.3 is 19.2 Å². The summed E-state index contributed by atoms with van der Waals surface area (Å²) >= 11 is 0. The highest BCUT2D eigenvalue weighted by molar-refractivity contribution is 5.89. The largest absolute Gasteiger partial charge is 0.483 e. The van der Waals surface area contributed by atoms with Gasteiger partial charge in [-0.25, -0.2) is 4.79 Å². The van der Waals surface area contributed by atoms with Crippen molar-refractivity contribution in [2.24, 2.45) is 0 Å². The summed E-state index contributed by atoms with van der Waals surface area (Å²) < 4.78 is 16.8. The van der Waals surface area contributed by atoms with Gasteiger partial charge in [-0.1, -0.05) is 0 Å². The summed E-state index contributed by atoms with van der Waals surface area (Å²) in [7, 11) is 0. The molecule has 2 aliphatic rings. The molecule has 0 saturated carbocycles. The molecule has 26 heavy (non-hydrogen) atoms. The van der Waals surface area contributed by atoms with Gasteiger partial charge >= 0.3 is 5.63 Å². The molecule has 1 saturated heterocycles. The number of amides is 1. The van der Waals surface area contributed by atoms with Gasteiger partial charge in [0.05, 0.1) is 11.5 Å². The molecule has 1 aliphatic carbocycles. The Labute approximate surface area is 151 Å². The van der Waals surface area contributed by atoms with Crippen molar-refractivity contribution in [1.82, 2.24) is 5.32 Å². The molecule has 1 aliphatic heterocycles. The number of hydrogen-bond acceptors (Lipinski definition) is 5. The van der Waals surface area contributed by atoms with Crippen molar-refractivity contribution in [2.45, 2.75) is 45.1 Å². The molecule has 1 atom stereocenters. The predicted molar refractivity (Wildman–Crippen MR) is 96.7 cm³/mol. The molecule has 2 heterocycles. The third-order valence-electron chi connectivity index (χ3n) is 5.09. The number of fused-ring (bicyclic) bond motifs is 3. The average Bonchev–Trinajstić information content (AvgIpc) is 3.29. The molecule has 2 aromatic rings. The summed E-state index contributed by atoms with van der Waals surface area (Å²) in [6, 6.07) is 3.74. The van der Waals surface area contributed by atoms with Gasteiger partial charge in [0.25, 0.3) is 5.91 Å². The van der Waals surface area contributed by atoms with E-state index in [0.717, 1.165) is 60.8 Å². The number of benzene rings is 1. The second kappa shape index (κ2) is 7.11. The Morgan fingerprint density at radius 2 is 2.12 bits per heavy atom. The van der Waals surface area contributed by atoms with Crippen LogP contribution in [0.25, 0.3) is 11.0 Å². The SMILES string of the molecule is Cc1cc(OCC(=O)NC[C@H]2CCCO2)c2c3c(c(=O)oc2c1)CCC3. The minimum absolute atomic E-state index is 0.0703. The number of rotatable bonds is 5. The fraction of sp³-hybridized carbons (Fsp3) is 0.500. The lowest BCUT2D eigenvalue weighted by Gasteiger charge is -2.14. The minimum atomic E-state index is -0.254. The zero-order chi connectivity index (χ0) is 18.1. The highest BCUT2D eigenvalue weighted by atomic mass is 16.5. The van der Waals surface area contributed by atoms with Crippen LogP contribution in [-0.2, 0) is 22.4 Å². The Bertz CT molecular complexity index is 895. The van der Waals surface area contributed by atoms with E-state index in [1.165, 1.54) is 0 Å². The summed E-state index contributed by atoms with van der Waals surface area (Å²) in [5, 5.41) is 3.68. The van der Waals surface area contributed by atoms with Gasteiger partial charge in [-0.2, -0.15) is 0 Å². The van der Waals surface area contributed by atoms with Crippen LogP contribution in [0.3, 0.4) is 0 Å². The van der Waals surface area contributed by atoms with Crippen molar-refractivity contribution in [1.29, 1.82) is 0 Å². The summed E-state index contributed by atoms with van der Waals surface area (Å²) in [5.41, 5.74) is 2.95. The van der Waals surface area contributed by atoms with E-state index < -0.39 is 0 Å². The van der Waals surface area contributed by atoms with Crippen LogP contribution in [0.1, 0.15) is 36.0 Å². The Morgan fingerprint density at radius 1 is 1.27 bits per heavy atom. The van der Waals surface area contributed by atoms with Gasteiger partial charge in [0.2, 0.25) is 0 Å². The maximum atomic E-state index is 12.1. The van der Waals surface area contributed by atoms with Crippen molar-refractivity contribution in [2.75, 3.05) is 19.8 Å². The first-order valence-corrected chi connectivity index (χ1v) is 9.22. The molecular weight excluding hydrogens is 334 g/mol. The molecule has 6 heteroatoms. The van der Waals surface area contributed by atoms with Gasteiger partial charge in [0, 0.05) is 18.7 Å². The van der Waals surface area contributed by atoms with E-state index in [-0.39, 0.29) is 24.2 Å². The number of hydrogen-bond donors (Lipinski definition) is 1. The molecule has 0 bridgehead atoms. The van der Waals surface area contributed by atoms with E-state index >= 15 is 0 Å². The van der Waals surface area contributed by atoms with Crippen molar-refractivity contribution in [3.05, 3.63) is 39.2 Å².